The van der Waals surface area contributed by atoms with Crippen LogP contribution in [0.2, 0.25) is 0 Å². The van der Waals surface area contributed by atoms with Crippen molar-refractivity contribution in [3.8, 4) is 0 Å². The van der Waals surface area contributed by atoms with Gasteiger partial charge < -0.3 is 30.9 Å². The predicted octanol–water partition coefficient (Wildman–Crippen LogP) is 0.541. The fourth-order valence-corrected chi connectivity index (χ4v) is 2.18. The van der Waals surface area contributed by atoms with E-state index in [4.69, 9.17) is 20.3 Å². The average Bonchev–Trinajstić information content (AvgIpc) is 2.59. The van der Waals surface area contributed by atoms with Gasteiger partial charge in [-0.3, -0.25) is 9.59 Å². The van der Waals surface area contributed by atoms with Gasteiger partial charge in [0.25, 0.3) is 0 Å². The van der Waals surface area contributed by atoms with E-state index in [9.17, 15) is 19.2 Å². The summed E-state index contributed by atoms with van der Waals surface area (Å²) in [5.41, 5.74) is 5.06. The van der Waals surface area contributed by atoms with Gasteiger partial charge in [0.2, 0.25) is 11.8 Å². The molecule has 0 saturated carbocycles. The van der Waals surface area contributed by atoms with Crippen LogP contribution in [-0.4, -0.2) is 53.3 Å². The van der Waals surface area contributed by atoms with Crippen LogP contribution in [0, 0.1) is 0 Å². The fraction of sp³-hybridized carbons (Fsp3) is 0.474. The molecule has 0 unspecified atom stereocenters. The molecule has 0 aliphatic carbocycles. The van der Waals surface area contributed by atoms with E-state index in [-0.39, 0.29) is 13.2 Å². The van der Waals surface area contributed by atoms with Gasteiger partial charge in [-0.1, -0.05) is 30.3 Å². The molecule has 0 heterocycles. The van der Waals surface area contributed by atoms with Crippen LogP contribution in [0.3, 0.4) is 0 Å². The SMILES string of the molecule is CC(C)(C)OC(=O)N[C@@H](COCc1ccccc1)C(=O)N[C@@H](CC(N)=O)C(=O)O. The number of carbonyl (C=O) groups is 4. The molecule has 0 bridgehead atoms. The molecule has 2 atom stereocenters. The predicted molar refractivity (Wildman–Crippen MR) is 103 cm³/mol. The van der Waals surface area contributed by atoms with Crippen molar-refractivity contribution in [2.75, 3.05) is 6.61 Å². The van der Waals surface area contributed by atoms with Crippen LogP contribution in [0.5, 0.6) is 0 Å². The second-order valence-corrected chi connectivity index (χ2v) is 7.27. The number of primary amides is 1. The molecule has 0 aliphatic rings. The van der Waals surface area contributed by atoms with Crippen LogP contribution < -0.4 is 16.4 Å². The zero-order chi connectivity index (χ0) is 22.0. The third-order valence-electron chi connectivity index (χ3n) is 3.42. The van der Waals surface area contributed by atoms with Crippen molar-refractivity contribution in [2.24, 2.45) is 5.73 Å². The minimum Gasteiger partial charge on any atom is -0.480 e. The number of rotatable bonds is 10. The molecular formula is C19H27N3O7. The molecule has 29 heavy (non-hydrogen) atoms. The Labute approximate surface area is 168 Å². The van der Waals surface area contributed by atoms with E-state index in [1.54, 1.807) is 20.8 Å². The van der Waals surface area contributed by atoms with Gasteiger partial charge in [0.1, 0.15) is 17.7 Å². The summed E-state index contributed by atoms with van der Waals surface area (Å²) in [7, 11) is 0. The number of carboxylic acids is 1. The van der Waals surface area contributed by atoms with Crippen LogP contribution in [0.15, 0.2) is 30.3 Å². The molecule has 160 valence electrons. The Hall–Kier alpha value is -3.14. The average molecular weight is 409 g/mol. The summed E-state index contributed by atoms with van der Waals surface area (Å²) >= 11 is 0. The lowest BCUT2D eigenvalue weighted by molar-refractivity contribution is -0.143. The lowest BCUT2D eigenvalue weighted by Gasteiger charge is -2.24. The third kappa shape index (κ3) is 10.1. The number of nitrogens with two attached hydrogens (primary N) is 1. The van der Waals surface area contributed by atoms with Crippen molar-refractivity contribution in [2.45, 2.75) is 51.5 Å². The highest BCUT2D eigenvalue weighted by molar-refractivity contribution is 5.91. The smallest absolute Gasteiger partial charge is 0.408 e. The van der Waals surface area contributed by atoms with Crippen molar-refractivity contribution in [1.82, 2.24) is 10.6 Å². The number of carboxylic acid groups (broad SMARTS) is 1. The first-order valence-corrected chi connectivity index (χ1v) is 8.90. The number of nitrogens with one attached hydrogen (secondary N) is 2. The van der Waals surface area contributed by atoms with E-state index in [1.165, 1.54) is 0 Å². The van der Waals surface area contributed by atoms with Gasteiger partial charge in [0.05, 0.1) is 19.6 Å². The summed E-state index contributed by atoms with van der Waals surface area (Å²) in [5.74, 6) is -3.18. The first kappa shape index (κ1) is 23.9. The number of amides is 3. The van der Waals surface area contributed by atoms with Gasteiger partial charge in [-0.15, -0.1) is 0 Å². The Balaban J connectivity index is 2.80. The molecule has 0 saturated heterocycles. The van der Waals surface area contributed by atoms with E-state index in [1.807, 2.05) is 30.3 Å². The topological polar surface area (TPSA) is 157 Å². The molecule has 0 radical (unpaired) electrons. The molecule has 1 aromatic carbocycles. The molecule has 1 aromatic rings. The zero-order valence-corrected chi connectivity index (χ0v) is 16.6. The van der Waals surface area contributed by atoms with Gasteiger partial charge in [-0.05, 0) is 26.3 Å². The Kier molecular flexibility index (Phi) is 9.07. The number of carbonyl (C=O) groups excluding carboxylic acids is 3. The molecule has 10 heteroatoms. The van der Waals surface area contributed by atoms with Crippen molar-refractivity contribution in [1.29, 1.82) is 0 Å². The van der Waals surface area contributed by atoms with Gasteiger partial charge in [-0.2, -0.15) is 0 Å². The molecule has 0 aliphatic heterocycles. The van der Waals surface area contributed by atoms with Crippen LogP contribution >= 0.6 is 0 Å². The Bertz CT molecular complexity index is 716. The standard InChI is InChI=1S/C19H27N3O7/c1-19(2,3)29-18(27)22-14(11-28-10-12-7-5-4-6-8-12)16(24)21-13(17(25)26)9-15(20)23/h4-8,13-14H,9-11H2,1-3H3,(H2,20,23)(H,21,24)(H,22,27)(H,25,26)/t13-,14-/m0/s1. The number of alkyl carbamates (subject to hydrolysis) is 1. The van der Waals surface area contributed by atoms with Gasteiger partial charge in [0, 0.05) is 0 Å². The van der Waals surface area contributed by atoms with E-state index >= 15 is 0 Å². The lowest BCUT2D eigenvalue weighted by atomic mass is 10.1. The third-order valence-corrected chi connectivity index (χ3v) is 3.42. The highest BCUT2D eigenvalue weighted by Gasteiger charge is 2.29. The van der Waals surface area contributed by atoms with Crippen molar-refractivity contribution in [3.63, 3.8) is 0 Å². The number of hydrogen-bond acceptors (Lipinski definition) is 6. The number of aliphatic carboxylic acids is 1. The van der Waals surface area contributed by atoms with Crippen LogP contribution in [0.1, 0.15) is 32.8 Å². The van der Waals surface area contributed by atoms with E-state index in [0.717, 1.165) is 5.56 Å². The molecular weight excluding hydrogens is 382 g/mol. The number of hydrogen-bond donors (Lipinski definition) is 4. The summed E-state index contributed by atoms with van der Waals surface area (Å²) in [6.45, 7) is 4.88. The largest absolute Gasteiger partial charge is 0.480 e. The zero-order valence-electron chi connectivity index (χ0n) is 16.6. The van der Waals surface area contributed by atoms with Crippen LogP contribution in [0.25, 0.3) is 0 Å². The summed E-state index contributed by atoms with van der Waals surface area (Å²) in [4.78, 5) is 46.8. The van der Waals surface area contributed by atoms with E-state index in [2.05, 4.69) is 10.6 Å². The second kappa shape index (κ2) is 11.0. The minimum absolute atomic E-state index is 0.171. The van der Waals surface area contributed by atoms with Gasteiger partial charge in [0.15, 0.2) is 0 Å². The summed E-state index contributed by atoms with van der Waals surface area (Å²) in [6, 6.07) is 6.36. The Morgan fingerprint density at radius 1 is 1.07 bits per heavy atom. The van der Waals surface area contributed by atoms with Crippen molar-refractivity contribution < 1.29 is 33.8 Å². The van der Waals surface area contributed by atoms with Crippen LogP contribution in [-0.2, 0) is 30.5 Å². The molecule has 3 amide bonds. The Morgan fingerprint density at radius 2 is 1.69 bits per heavy atom. The van der Waals surface area contributed by atoms with Crippen molar-refractivity contribution in [3.05, 3.63) is 35.9 Å². The maximum absolute atomic E-state index is 12.5. The molecule has 5 N–H and O–H groups in total. The monoisotopic (exact) mass is 409 g/mol. The summed E-state index contributed by atoms with van der Waals surface area (Å²) < 4.78 is 10.6. The number of benzene rings is 1. The Morgan fingerprint density at radius 3 is 2.21 bits per heavy atom. The van der Waals surface area contributed by atoms with E-state index in [0.29, 0.717) is 0 Å². The summed E-state index contributed by atoms with van der Waals surface area (Å²) in [6.07, 6.45) is -1.46. The van der Waals surface area contributed by atoms with E-state index < -0.39 is 48.0 Å². The van der Waals surface area contributed by atoms with Gasteiger partial charge >= 0.3 is 12.1 Å². The van der Waals surface area contributed by atoms with Crippen LogP contribution in [0.4, 0.5) is 4.79 Å². The molecule has 0 fully saturated rings. The molecule has 0 aromatic heterocycles. The molecule has 10 nitrogen and oxygen atoms in total. The quantitative estimate of drug-likeness (QED) is 0.439. The normalized spacial score (nSPS) is 13.1. The number of ether oxygens (including phenoxy) is 2. The lowest BCUT2D eigenvalue weighted by Crippen LogP contribution is -2.54. The highest BCUT2D eigenvalue weighted by Crippen LogP contribution is 2.07. The first-order chi connectivity index (χ1) is 13.5. The van der Waals surface area contributed by atoms with Gasteiger partial charge in [-0.25, -0.2) is 9.59 Å². The highest BCUT2D eigenvalue weighted by atomic mass is 16.6. The molecule has 0 spiro atoms. The maximum atomic E-state index is 12.5. The second-order valence-electron chi connectivity index (χ2n) is 7.27. The first-order valence-electron chi connectivity index (χ1n) is 8.90. The fourth-order valence-electron chi connectivity index (χ4n) is 2.18. The van der Waals surface area contributed by atoms with Crippen molar-refractivity contribution >= 4 is 23.9 Å². The molecule has 1 rings (SSSR count). The minimum atomic E-state index is -1.53. The summed E-state index contributed by atoms with van der Waals surface area (Å²) in [5, 5.41) is 13.7. The maximum Gasteiger partial charge on any atom is 0.408 e.